The van der Waals surface area contributed by atoms with E-state index in [4.69, 9.17) is 11.6 Å². The lowest BCUT2D eigenvalue weighted by Gasteiger charge is -2.39. The summed E-state index contributed by atoms with van der Waals surface area (Å²) in [6, 6.07) is 1.38. The second kappa shape index (κ2) is 6.37. The van der Waals surface area contributed by atoms with Crippen molar-refractivity contribution in [2.24, 2.45) is 5.16 Å². The van der Waals surface area contributed by atoms with Crippen LogP contribution in [0.5, 0.6) is 0 Å². The monoisotopic (exact) mass is 389 g/mol. The number of nitrogens with zero attached hydrogens (tertiary/aromatic N) is 2. The molecular formula is C13H10ClF6N3O2. The number of benzene rings is 1. The maximum Gasteiger partial charge on any atom is 0.450 e. The highest BCUT2D eigenvalue weighted by Crippen LogP contribution is 2.47. The van der Waals surface area contributed by atoms with Gasteiger partial charge in [-0.3, -0.25) is 4.79 Å². The van der Waals surface area contributed by atoms with Crippen molar-refractivity contribution in [3.05, 3.63) is 34.3 Å². The molecule has 0 aromatic heterocycles. The summed E-state index contributed by atoms with van der Waals surface area (Å²) in [6.45, 7) is 1.41. The summed E-state index contributed by atoms with van der Waals surface area (Å²) in [5, 5.41) is 4.30. The molecule has 1 saturated heterocycles. The quantitative estimate of drug-likeness (QED) is 0.489. The van der Waals surface area contributed by atoms with Crippen molar-refractivity contribution in [3.63, 3.8) is 0 Å². The average molecular weight is 390 g/mol. The summed E-state index contributed by atoms with van der Waals surface area (Å²) < 4.78 is 80.5. The largest absolute Gasteiger partial charge is 0.450 e. The number of oxime groups is 1. The third-order valence-corrected chi connectivity index (χ3v) is 3.66. The maximum atomic E-state index is 13.9. The Balaban J connectivity index is 2.73. The smallest absolute Gasteiger partial charge is 0.359 e. The zero-order valence-corrected chi connectivity index (χ0v) is 13.0. The lowest BCUT2D eigenvalue weighted by molar-refractivity contribution is -0.339. The fraction of sp³-hybridized carbons (Fsp3) is 0.385. The molecule has 25 heavy (non-hydrogen) atoms. The molecule has 1 N–H and O–H groups in total. The van der Waals surface area contributed by atoms with Crippen LogP contribution in [0, 0.1) is 0 Å². The average Bonchev–Trinajstić information content (AvgIpc) is 2.88. The van der Waals surface area contributed by atoms with E-state index in [1.165, 1.54) is 0 Å². The number of carbonyl (C=O) groups excluding carboxylic acids is 1. The van der Waals surface area contributed by atoms with E-state index in [0.29, 0.717) is 17.0 Å². The molecule has 0 bridgehead atoms. The van der Waals surface area contributed by atoms with Crippen molar-refractivity contribution >= 4 is 24.2 Å². The summed E-state index contributed by atoms with van der Waals surface area (Å²) in [5.74, 6) is -0.764. The van der Waals surface area contributed by atoms with Gasteiger partial charge in [-0.2, -0.15) is 26.3 Å². The van der Waals surface area contributed by atoms with Gasteiger partial charge in [-0.1, -0.05) is 16.8 Å². The van der Waals surface area contributed by atoms with E-state index in [2.05, 4.69) is 22.0 Å². The normalized spacial score (nSPS) is 18.6. The zero-order chi connectivity index (χ0) is 19.0. The third kappa shape index (κ3) is 3.52. The van der Waals surface area contributed by atoms with Gasteiger partial charge >= 0.3 is 18.1 Å². The number of alkyl halides is 6. The molecule has 1 amide bonds. The Kier molecular flexibility index (Phi) is 4.92. The van der Waals surface area contributed by atoms with Crippen LogP contribution in [0.25, 0.3) is 0 Å². The Morgan fingerprint density at radius 1 is 1.16 bits per heavy atom. The van der Waals surface area contributed by atoms with Crippen LogP contribution < -0.4 is 5.32 Å². The first-order chi connectivity index (χ1) is 11.4. The van der Waals surface area contributed by atoms with E-state index in [9.17, 15) is 31.1 Å². The van der Waals surface area contributed by atoms with Crippen LogP contribution in [0.2, 0.25) is 5.02 Å². The van der Waals surface area contributed by atoms with E-state index < -0.39 is 53.3 Å². The van der Waals surface area contributed by atoms with Gasteiger partial charge in [0.05, 0.1) is 18.8 Å². The molecule has 0 aliphatic carbocycles. The Labute approximate surface area is 142 Å². The fourth-order valence-electron chi connectivity index (χ4n) is 2.42. The van der Waals surface area contributed by atoms with Crippen molar-refractivity contribution < 1.29 is 36.0 Å². The van der Waals surface area contributed by atoms with Crippen molar-refractivity contribution in [3.8, 4) is 0 Å². The Bertz CT molecular complexity index is 693. The molecule has 2 rings (SSSR count). The highest BCUT2D eigenvalue weighted by atomic mass is 35.5. The van der Waals surface area contributed by atoms with Crippen molar-refractivity contribution in [1.82, 2.24) is 10.2 Å². The number of nitrogens with one attached hydrogen (secondary N) is 1. The molecule has 1 aliphatic rings. The van der Waals surface area contributed by atoms with Crippen LogP contribution in [0.4, 0.5) is 26.3 Å². The molecule has 0 saturated carbocycles. The Morgan fingerprint density at radius 2 is 1.76 bits per heavy atom. The number of amides is 1. The van der Waals surface area contributed by atoms with E-state index in [1.807, 2.05) is 0 Å². The van der Waals surface area contributed by atoms with Gasteiger partial charge in [-0.25, -0.2) is 4.90 Å². The number of rotatable bonds is 4. The molecule has 12 heteroatoms. The summed E-state index contributed by atoms with van der Waals surface area (Å²) >= 11 is 5.58. The van der Waals surface area contributed by atoms with Crippen molar-refractivity contribution in [2.45, 2.75) is 18.1 Å². The second-order valence-electron chi connectivity index (χ2n) is 5.04. The molecule has 0 radical (unpaired) electrons. The lowest BCUT2D eigenvalue weighted by atomic mass is 9.97. The van der Waals surface area contributed by atoms with E-state index in [-0.39, 0.29) is 6.07 Å². The van der Waals surface area contributed by atoms with Crippen molar-refractivity contribution in [2.75, 3.05) is 13.2 Å². The second-order valence-corrected chi connectivity index (χ2v) is 5.48. The highest BCUT2D eigenvalue weighted by molar-refractivity contribution is 6.30. The maximum absolute atomic E-state index is 13.9. The van der Waals surface area contributed by atoms with Crippen LogP contribution in [0.3, 0.4) is 0 Å². The SMILES string of the molecule is C=NOC(c1cc(Cl)cc(C(F)(F)F)c1)(N1CNC(=O)C1)C(F)(F)F. The molecular weight excluding hydrogens is 380 g/mol. The van der Waals surface area contributed by atoms with Crippen LogP contribution >= 0.6 is 11.6 Å². The number of hydrogen-bond acceptors (Lipinski definition) is 4. The minimum Gasteiger partial charge on any atom is -0.359 e. The molecule has 138 valence electrons. The predicted molar refractivity (Wildman–Crippen MR) is 74.5 cm³/mol. The summed E-state index contributed by atoms with van der Waals surface area (Å²) in [6.07, 6.45) is -10.2. The van der Waals surface area contributed by atoms with E-state index >= 15 is 0 Å². The van der Waals surface area contributed by atoms with Gasteiger partial charge < -0.3 is 10.2 Å². The van der Waals surface area contributed by atoms with Crippen LogP contribution in [-0.2, 0) is 21.5 Å². The predicted octanol–water partition coefficient (Wildman–Crippen LogP) is 3.10. The lowest BCUT2D eigenvalue weighted by Crippen LogP contribution is -2.57. The van der Waals surface area contributed by atoms with Crippen LogP contribution in [0.15, 0.2) is 23.4 Å². The van der Waals surface area contributed by atoms with Gasteiger partial charge in [-0.05, 0) is 18.2 Å². The molecule has 1 aromatic rings. The van der Waals surface area contributed by atoms with Crippen LogP contribution in [-0.4, -0.2) is 36.9 Å². The summed E-state index contributed by atoms with van der Waals surface area (Å²) in [7, 11) is 0. The van der Waals surface area contributed by atoms with Crippen molar-refractivity contribution in [1.29, 1.82) is 0 Å². The van der Waals surface area contributed by atoms with Gasteiger partial charge in [0.1, 0.15) is 0 Å². The molecule has 5 nitrogen and oxygen atoms in total. The van der Waals surface area contributed by atoms with Gasteiger partial charge in [-0.15, -0.1) is 0 Å². The molecule has 1 unspecified atom stereocenters. The first-order valence-electron chi connectivity index (χ1n) is 6.53. The Hall–Kier alpha value is -2.01. The van der Waals surface area contributed by atoms with Crippen LogP contribution in [0.1, 0.15) is 11.1 Å². The first-order valence-corrected chi connectivity index (χ1v) is 6.90. The number of hydrogen-bond donors (Lipinski definition) is 1. The molecule has 1 fully saturated rings. The van der Waals surface area contributed by atoms with E-state index in [0.717, 1.165) is 0 Å². The minimum absolute atomic E-state index is 0.243. The molecule has 0 spiro atoms. The molecule has 1 aliphatic heterocycles. The first kappa shape index (κ1) is 19.3. The molecule has 1 heterocycles. The fourth-order valence-corrected chi connectivity index (χ4v) is 2.66. The van der Waals surface area contributed by atoms with Gasteiger partial charge in [0.25, 0.3) is 0 Å². The third-order valence-electron chi connectivity index (χ3n) is 3.44. The topological polar surface area (TPSA) is 53.9 Å². The number of halogens is 7. The van der Waals surface area contributed by atoms with Gasteiger partial charge in [0, 0.05) is 17.3 Å². The molecule has 1 atom stereocenters. The Morgan fingerprint density at radius 3 is 2.20 bits per heavy atom. The standard InChI is InChI=1S/C13H10ClF6N3O2/c1-21-25-11(13(18,19)20,23-5-10(24)22-6-23)7-2-8(12(15,16)17)4-9(14)3-7/h2-4H,1,5-6H2,(H,22,24). The number of carbonyl (C=O) groups is 1. The highest BCUT2D eigenvalue weighted by Gasteiger charge is 2.65. The minimum atomic E-state index is -5.27. The zero-order valence-electron chi connectivity index (χ0n) is 12.2. The molecule has 1 aromatic carbocycles. The van der Waals surface area contributed by atoms with Gasteiger partial charge in [0.15, 0.2) is 0 Å². The summed E-state index contributed by atoms with van der Waals surface area (Å²) in [5.41, 5.74) is -5.86. The van der Waals surface area contributed by atoms with Gasteiger partial charge in [0.2, 0.25) is 5.91 Å². The summed E-state index contributed by atoms with van der Waals surface area (Å²) in [4.78, 5) is 16.2. The van der Waals surface area contributed by atoms with E-state index in [1.54, 1.807) is 0 Å².